The van der Waals surface area contributed by atoms with E-state index in [4.69, 9.17) is 0 Å². The number of carbonyl (C=O) groups is 1. The first kappa shape index (κ1) is 12.0. The Morgan fingerprint density at radius 1 is 1.35 bits per heavy atom. The molecule has 1 amide bonds. The van der Waals surface area contributed by atoms with Gasteiger partial charge in [0.15, 0.2) is 0 Å². The summed E-state index contributed by atoms with van der Waals surface area (Å²) in [7, 11) is 1.86. The Balaban J connectivity index is 2.16. The number of anilines is 1. The Bertz CT molecular complexity index is 414. The largest absolute Gasteiger partial charge is 0.373 e. The Labute approximate surface area is 103 Å². The molecule has 3 nitrogen and oxygen atoms in total. The SMILES string of the molecule is CC(C)c1ccccc1NC1CCN(C)C1=O. The third kappa shape index (κ3) is 2.43. The standard InChI is InChI=1S/C14H20N2O/c1-10(2)11-6-4-5-7-12(11)15-13-8-9-16(3)14(13)17/h4-7,10,13,15H,8-9H2,1-3H3. The lowest BCUT2D eigenvalue weighted by Crippen LogP contribution is -2.31. The van der Waals surface area contributed by atoms with Crippen molar-refractivity contribution in [3.63, 3.8) is 0 Å². The average Bonchev–Trinajstić information content (AvgIpc) is 2.61. The van der Waals surface area contributed by atoms with Gasteiger partial charge < -0.3 is 10.2 Å². The fraction of sp³-hybridized carbons (Fsp3) is 0.500. The molecule has 0 aliphatic carbocycles. The van der Waals surface area contributed by atoms with E-state index < -0.39 is 0 Å². The van der Waals surface area contributed by atoms with Gasteiger partial charge in [-0.2, -0.15) is 0 Å². The van der Waals surface area contributed by atoms with Crippen LogP contribution < -0.4 is 5.32 Å². The minimum Gasteiger partial charge on any atom is -0.373 e. The van der Waals surface area contributed by atoms with Gasteiger partial charge in [-0.1, -0.05) is 32.0 Å². The third-order valence-corrected chi connectivity index (χ3v) is 3.34. The minimum absolute atomic E-state index is 0.0556. The van der Waals surface area contributed by atoms with Gasteiger partial charge in [-0.15, -0.1) is 0 Å². The second kappa shape index (κ2) is 4.78. The molecular weight excluding hydrogens is 212 g/mol. The topological polar surface area (TPSA) is 32.3 Å². The molecule has 3 heteroatoms. The van der Waals surface area contributed by atoms with Crippen LogP contribution in [0, 0.1) is 0 Å². The fourth-order valence-corrected chi connectivity index (χ4v) is 2.28. The first-order valence-corrected chi connectivity index (χ1v) is 6.20. The summed E-state index contributed by atoms with van der Waals surface area (Å²) in [6, 6.07) is 8.18. The van der Waals surface area contributed by atoms with Gasteiger partial charge in [0.1, 0.15) is 6.04 Å². The number of hydrogen-bond donors (Lipinski definition) is 1. The summed E-state index contributed by atoms with van der Waals surface area (Å²) < 4.78 is 0. The van der Waals surface area contributed by atoms with E-state index in [0.717, 1.165) is 18.7 Å². The van der Waals surface area contributed by atoms with Crippen LogP contribution in [-0.4, -0.2) is 30.4 Å². The van der Waals surface area contributed by atoms with Crippen LogP contribution in [0.15, 0.2) is 24.3 Å². The van der Waals surface area contributed by atoms with Crippen LogP contribution in [0.1, 0.15) is 31.7 Å². The lowest BCUT2D eigenvalue weighted by Gasteiger charge is -2.18. The molecule has 1 atom stereocenters. The van der Waals surface area contributed by atoms with Crippen molar-refractivity contribution in [2.45, 2.75) is 32.2 Å². The highest BCUT2D eigenvalue weighted by Crippen LogP contribution is 2.25. The van der Waals surface area contributed by atoms with Gasteiger partial charge in [0.2, 0.25) is 5.91 Å². The molecule has 0 spiro atoms. The molecule has 1 heterocycles. The van der Waals surface area contributed by atoms with Crippen molar-refractivity contribution in [3.05, 3.63) is 29.8 Å². The molecule has 1 unspecified atom stereocenters. The normalized spacial score (nSPS) is 20.1. The van der Waals surface area contributed by atoms with Crippen molar-refractivity contribution in [1.82, 2.24) is 4.90 Å². The van der Waals surface area contributed by atoms with Crippen molar-refractivity contribution in [2.24, 2.45) is 0 Å². The van der Waals surface area contributed by atoms with Crippen molar-refractivity contribution in [1.29, 1.82) is 0 Å². The van der Waals surface area contributed by atoms with E-state index >= 15 is 0 Å². The lowest BCUT2D eigenvalue weighted by molar-refractivity contribution is -0.127. The number of carbonyl (C=O) groups excluding carboxylic acids is 1. The average molecular weight is 232 g/mol. The quantitative estimate of drug-likeness (QED) is 0.868. The first-order chi connectivity index (χ1) is 8.09. The van der Waals surface area contributed by atoms with Crippen LogP contribution in [0.4, 0.5) is 5.69 Å². The first-order valence-electron chi connectivity index (χ1n) is 6.20. The van der Waals surface area contributed by atoms with Crippen molar-refractivity contribution < 1.29 is 4.79 Å². The Hall–Kier alpha value is -1.51. The number of hydrogen-bond acceptors (Lipinski definition) is 2. The Morgan fingerprint density at radius 2 is 2.06 bits per heavy atom. The molecule has 1 aromatic rings. The Morgan fingerprint density at radius 3 is 2.65 bits per heavy atom. The molecule has 1 N–H and O–H groups in total. The smallest absolute Gasteiger partial charge is 0.244 e. The number of nitrogens with one attached hydrogen (secondary N) is 1. The maximum absolute atomic E-state index is 11.9. The molecule has 2 rings (SSSR count). The van der Waals surface area contributed by atoms with E-state index in [-0.39, 0.29) is 11.9 Å². The summed E-state index contributed by atoms with van der Waals surface area (Å²) in [4.78, 5) is 13.6. The Kier molecular flexibility index (Phi) is 3.36. The molecule has 1 fully saturated rings. The van der Waals surface area contributed by atoms with Crippen LogP contribution in [0.3, 0.4) is 0 Å². The number of rotatable bonds is 3. The molecule has 1 aliphatic rings. The number of likely N-dealkylation sites (N-methyl/N-ethyl adjacent to an activating group) is 1. The molecular formula is C14H20N2O. The summed E-state index contributed by atoms with van der Waals surface area (Å²) in [5.41, 5.74) is 2.37. The van der Waals surface area contributed by atoms with Gasteiger partial charge in [-0.3, -0.25) is 4.79 Å². The van der Waals surface area contributed by atoms with Crippen molar-refractivity contribution >= 4 is 11.6 Å². The van der Waals surface area contributed by atoms with E-state index in [0.29, 0.717) is 5.92 Å². The van der Waals surface area contributed by atoms with Crippen LogP contribution in [0.2, 0.25) is 0 Å². The maximum atomic E-state index is 11.9. The van der Waals surface area contributed by atoms with Crippen LogP contribution >= 0.6 is 0 Å². The minimum atomic E-state index is -0.0556. The number of amides is 1. The van der Waals surface area contributed by atoms with Crippen molar-refractivity contribution in [2.75, 3.05) is 18.9 Å². The number of benzene rings is 1. The highest BCUT2D eigenvalue weighted by atomic mass is 16.2. The highest BCUT2D eigenvalue weighted by Gasteiger charge is 2.29. The van der Waals surface area contributed by atoms with Crippen LogP contribution in [0.5, 0.6) is 0 Å². The van der Waals surface area contributed by atoms with Gasteiger partial charge in [-0.25, -0.2) is 0 Å². The second-order valence-electron chi connectivity index (χ2n) is 4.99. The number of para-hydroxylation sites is 1. The van der Waals surface area contributed by atoms with Gasteiger partial charge >= 0.3 is 0 Å². The lowest BCUT2D eigenvalue weighted by atomic mass is 10.0. The predicted molar refractivity (Wildman–Crippen MR) is 70.2 cm³/mol. The van der Waals surface area contributed by atoms with Crippen molar-refractivity contribution in [3.8, 4) is 0 Å². The van der Waals surface area contributed by atoms with Gasteiger partial charge in [0.05, 0.1) is 0 Å². The zero-order chi connectivity index (χ0) is 12.4. The van der Waals surface area contributed by atoms with E-state index in [9.17, 15) is 4.79 Å². The van der Waals surface area contributed by atoms with Crippen LogP contribution in [0.25, 0.3) is 0 Å². The second-order valence-corrected chi connectivity index (χ2v) is 4.99. The van der Waals surface area contributed by atoms with E-state index in [1.807, 2.05) is 19.2 Å². The number of likely N-dealkylation sites (tertiary alicyclic amines) is 1. The highest BCUT2D eigenvalue weighted by molar-refractivity contribution is 5.86. The molecule has 92 valence electrons. The summed E-state index contributed by atoms with van der Waals surface area (Å²) in [5, 5.41) is 3.38. The molecule has 0 bridgehead atoms. The molecule has 1 aromatic carbocycles. The molecule has 0 saturated carbocycles. The zero-order valence-electron chi connectivity index (χ0n) is 10.7. The van der Waals surface area contributed by atoms with Crippen LogP contribution in [-0.2, 0) is 4.79 Å². The molecule has 0 aromatic heterocycles. The molecule has 0 radical (unpaired) electrons. The molecule has 1 saturated heterocycles. The maximum Gasteiger partial charge on any atom is 0.244 e. The number of nitrogens with zero attached hydrogens (tertiary/aromatic N) is 1. The zero-order valence-corrected chi connectivity index (χ0v) is 10.7. The van der Waals surface area contributed by atoms with E-state index in [1.165, 1.54) is 5.56 Å². The summed E-state index contributed by atoms with van der Waals surface area (Å²) >= 11 is 0. The van der Waals surface area contributed by atoms with E-state index in [2.05, 4.69) is 31.3 Å². The summed E-state index contributed by atoms with van der Waals surface area (Å²) in [6.45, 7) is 5.19. The van der Waals surface area contributed by atoms with Gasteiger partial charge in [0.25, 0.3) is 0 Å². The van der Waals surface area contributed by atoms with Gasteiger partial charge in [-0.05, 0) is 24.0 Å². The molecule has 1 aliphatic heterocycles. The monoisotopic (exact) mass is 232 g/mol. The summed E-state index contributed by atoms with van der Waals surface area (Å²) in [6.07, 6.45) is 0.891. The fourth-order valence-electron chi connectivity index (χ4n) is 2.28. The molecule has 17 heavy (non-hydrogen) atoms. The van der Waals surface area contributed by atoms with E-state index in [1.54, 1.807) is 4.90 Å². The third-order valence-electron chi connectivity index (χ3n) is 3.34. The summed E-state index contributed by atoms with van der Waals surface area (Å²) in [5.74, 6) is 0.663. The van der Waals surface area contributed by atoms with Gasteiger partial charge in [0, 0.05) is 19.3 Å². The predicted octanol–water partition coefficient (Wildman–Crippen LogP) is 2.45.